The number of hydrogen-bond acceptors (Lipinski definition) is 1. The van der Waals surface area contributed by atoms with Gasteiger partial charge in [0.2, 0.25) is 0 Å². The van der Waals surface area contributed by atoms with Crippen molar-refractivity contribution in [2.45, 2.75) is 31.1 Å². The van der Waals surface area contributed by atoms with Crippen molar-refractivity contribution < 1.29 is 14.2 Å². The van der Waals surface area contributed by atoms with E-state index < -0.39 is 5.41 Å². The number of aldehydes is 1. The molecule has 2 nitrogen and oxygen atoms in total. The Morgan fingerprint density at radius 3 is 2.53 bits per heavy atom. The van der Waals surface area contributed by atoms with Crippen LogP contribution in [0.1, 0.15) is 31.2 Å². The molecule has 80 valence electrons. The van der Waals surface area contributed by atoms with Crippen LogP contribution in [0.4, 0.5) is 4.39 Å². The molecule has 0 spiro atoms. The van der Waals surface area contributed by atoms with Gasteiger partial charge in [-0.3, -0.25) is 0 Å². The second kappa shape index (κ2) is 4.01. The summed E-state index contributed by atoms with van der Waals surface area (Å²) >= 11 is 0. The van der Waals surface area contributed by atoms with Gasteiger partial charge < -0.3 is 5.26 Å². The molecule has 0 unspecified atom stereocenters. The Hall–Kier alpha value is -1.38. The smallest absolute Gasteiger partial charge is 0.328 e. The molecule has 0 amide bonds. The number of benzene rings is 1. The average molecular weight is 208 g/mol. The van der Waals surface area contributed by atoms with Crippen LogP contribution < -0.4 is 5.26 Å². The van der Waals surface area contributed by atoms with Crippen molar-refractivity contribution in [2.75, 3.05) is 0 Å². The second-order valence-corrected chi connectivity index (χ2v) is 4.06. The van der Waals surface area contributed by atoms with Gasteiger partial charge in [-0.15, -0.1) is 0 Å². The summed E-state index contributed by atoms with van der Waals surface area (Å²) in [6.07, 6.45) is 4.84. The summed E-state index contributed by atoms with van der Waals surface area (Å²) in [5.74, 6) is -0.257. The lowest BCUT2D eigenvalue weighted by Gasteiger charge is -2.19. The molecule has 0 saturated heterocycles. The van der Waals surface area contributed by atoms with Crippen LogP contribution in [0.25, 0.3) is 0 Å². The third-order valence-corrected chi connectivity index (χ3v) is 3.18. The van der Waals surface area contributed by atoms with Crippen molar-refractivity contribution in [3.05, 3.63) is 35.6 Å². The largest absolute Gasteiger partial charge is 0.463 e. The molecule has 1 aliphatic carbocycles. The third-order valence-electron chi connectivity index (χ3n) is 3.18. The fourth-order valence-electron chi connectivity index (χ4n) is 2.41. The minimum atomic E-state index is -0.507. The Morgan fingerprint density at radius 1 is 1.27 bits per heavy atom. The van der Waals surface area contributed by atoms with Gasteiger partial charge in [-0.25, -0.2) is 4.39 Å². The molecule has 0 radical (unpaired) electrons. The molecule has 1 saturated carbocycles. The fourth-order valence-corrected chi connectivity index (χ4v) is 2.41. The van der Waals surface area contributed by atoms with Gasteiger partial charge in [-0.1, -0.05) is 31.0 Å². The highest BCUT2D eigenvalue weighted by Gasteiger charge is 2.41. The molecular formula is C12H13FO2. The molecule has 1 aliphatic rings. The Bertz CT molecular complexity index is 368. The first-order valence-electron chi connectivity index (χ1n) is 5.16. The standard InChI is InChI=1S/C12H13FO2/c13-11-6-2-1-5-10(11)12(9-15-14)7-3-4-8-12/h1-2,5-6,9H,3-4,7-8H2. The van der Waals surface area contributed by atoms with Crippen LogP contribution in [-0.4, -0.2) is 6.29 Å². The number of rotatable bonds is 2. The van der Waals surface area contributed by atoms with Gasteiger partial charge in [0.15, 0.2) is 0 Å². The SMILES string of the molecule is [O-][O+]=CC1(c2ccccc2F)CCCC1. The number of carbonyl (C=O) groups excluding carboxylic acids is 1. The van der Waals surface area contributed by atoms with Crippen molar-refractivity contribution in [1.82, 2.24) is 0 Å². The molecule has 0 bridgehead atoms. The number of halogens is 1. The molecule has 0 aromatic heterocycles. The zero-order valence-electron chi connectivity index (χ0n) is 8.41. The molecule has 0 aliphatic heterocycles. The highest BCUT2D eigenvalue weighted by molar-refractivity contribution is 5.69. The minimum absolute atomic E-state index is 0.257. The van der Waals surface area contributed by atoms with Gasteiger partial charge in [0.1, 0.15) is 11.2 Å². The van der Waals surface area contributed by atoms with Crippen LogP contribution >= 0.6 is 0 Å². The lowest BCUT2D eigenvalue weighted by molar-refractivity contribution is -1.04. The average Bonchev–Trinajstić information content (AvgIpc) is 2.69. The van der Waals surface area contributed by atoms with E-state index in [0.29, 0.717) is 5.56 Å². The van der Waals surface area contributed by atoms with Crippen molar-refractivity contribution in [3.8, 4) is 0 Å². The topological polar surface area (TPSA) is 34.4 Å². The van der Waals surface area contributed by atoms with Crippen LogP contribution in [0, 0.1) is 5.82 Å². The maximum Gasteiger partial charge on any atom is 0.328 e. The first-order chi connectivity index (χ1) is 7.28. The molecule has 1 aromatic carbocycles. The molecule has 1 aromatic rings. The summed E-state index contributed by atoms with van der Waals surface area (Å²) in [5.41, 5.74) is 0.0750. The van der Waals surface area contributed by atoms with E-state index in [-0.39, 0.29) is 5.82 Å². The second-order valence-electron chi connectivity index (χ2n) is 4.06. The predicted molar refractivity (Wildman–Crippen MR) is 52.6 cm³/mol. The highest BCUT2D eigenvalue weighted by Crippen LogP contribution is 2.40. The van der Waals surface area contributed by atoms with E-state index in [1.54, 1.807) is 18.2 Å². The minimum Gasteiger partial charge on any atom is -0.463 e. The predicted octanol–water partition coefficient (Wildman–Crippen LogP) is 1.65. The zero-order valence-corrected chi connectivity index (χ0v) is 8.41. The van der Waals surface area contributed by atoms with E-state index in [4.69, 9.17) is 0 Å². The van der Waals surface area contributed by atoms with E-state index in [1.165, 1.54) is 12.4 Å². The lowest BCUT2D eigenvalue weighted by Crippen LogP contribution is -2.27. The summed E-state index contributed by atoms with van der Waals surface area (Å²) < 4.78 is 17.5. The fraction of sp³-hybridized carbons (Fsp3) is 0.417. The molecule has 0 atom stereocenters. The summed E-state index contributed by atoms with van der Waals surface area (Å²) in [4.78, 5) is 0. The van der Waals surface area contributed by atoms with Crippen molar-refractivity contribution in [2.24, 2.45) is 0 Å². The van der Waals surface area contributed by atoms with Gasteiger partial charge in [0, 0.05) is 5.56 Å². The van der Waals surface area contributed by atoms with Crippen LogP contribution in [-0.2, 0) is 9.99 Å². The maximum absolute atomic E-state index is 13.6. The quantitative estimate of drug-likeness (QED) is 0.315. The van der Waals surface area contributed by atoms with Crippen molar-refractivity contribution in [3.63, 3.8) is 0 Å². The van der Waals surface area contributed by atoms with Crippen molar-refractivity contribution >= 4 is 6.29 Å². The van der Waals surface area contributed by atoms with Gasteiger partial charge in [-0.2, -0.15) is 4.58 Å². The Kier molecular flexibility index (Phi) is 2.71. The Labute approximate surface area is 88.0 Å². The summed E-state index contributed by atoms with van der Waals surface area (Å²) in [6, 6.07) is 6.60. The van der Waals surface area contributed by atoms with Crippen LogP contribution in [0.3, 0.4) is 0 Å². The first-order valence-corrected chi connectivity index (χ1v) is 5.16. The van der Waals surface area contributed by atoms with E-state index in [9.17, 15) is 9.65 Å². The molecule has 3 heteroatoms. The van der Waals surface area contributed by atoms with Crippen LogP contribution in [0.2, 0.25) is 0 Å². The van der Waals surface area contributed by atoms with E-state index >= 15 is 0 Å². The van der Waals surface area contributed by atoms with Crippen LogP contribution in [0.5, 0.6) is 0 Å². The van der Waals surface area contributed by atoms with Gasteiger partial charge in [0.25, 0.3) is 0 Å². The molecular weight excluding hydrogens is 195 g/mol. The normalized spacial score (nSPS) is 19.8. The highest BCUT2D eigenvalue weighted by atomic mass is 19.1. The van der Waals surface area contributed by atoms with E-state index in [1.807, 2.05) is 0 Å². The summed E-state index contributed by atoms with van der Waals surface area (Å²) in [5, 5.41) is 10.3. The lowest BCUT2D eigenvalue weighted by atomic mass is 9.80. The van der Waals surface area contributed by atoms with E-state index in [2.05, 4.69) is 4.58 Å². The van der Waals surface area contributed by atoms with Gasteiger partial charge in [-0.05, 0) is 18.9 Å². The summed E-state index contributed by atoms with van der Waals surface area (Å²) in [6.45, 7) is 0. The molecule has 2 rings (SSSR count). The Balaban J connectivity index is 2.45. The zero-order chi connectivity index (χ0) is 10.7. The van der Waals surface area contributed by atoms with E-state index in [0.717, 1.165) is 25.7 Å². The van der Waals surface area contributed by atoms with Crippen LogP contribution in [0.15, 0.2) is 24.3 Å². The summed E-state index contributed by atoms with van der Waals surface area (Å²) in [7, 11) is 0. The first kappa shape index (κ1) is 10.1. The molecule has 0 N–H and O–H groups in total. The number of hydrogen-bond donors (Lipinski definition) is 0. The molecule has 15 heavy (non-hydrogen) atoms. The third kappa shape index (κ3) is 1.74. The van der Waals surface area contributed by atoms with Gasteiger partial charge >= 0.3 is 6.29 Å². The monoisotopic (exact) mass is 208 g/mol. The maximum atomic E-state index is 13.6. The van der Waals surface area contributed by atoms with Gasteiger partial charge in [0.05, 0.1) is 0 Å². The molecule has 1 fully saturated rings. The Morgan fingerprint density at radius 2 is 1.93 bits per heavy atom. The van der Waals surface area contributed by atoms with Crippen molar-refractivity contribution in [1.29, 1.82) is 0 Å². The molecule has 0 heterocycles.